The number of rotatable bonds is 2. The normalized spacial score (nSPS) is 19.1. The number of aromatic nitrogens is 1. The van der Waals surface area contributed by atoms with E-state index < -0.39 is 11.2 Å². The Kier molecular flexibility index (Phi) is 7.36. The third kappa shape index (κ3) is 6.84. The van der Waals surface area contributed by atoms with E-state index in [4.69, 9.17) is 9.47 Å². The van der Waals surface area contributed by atoms with Gasteiger partial charge in [-0.15, -0.1) is 0 Å². The van der Waals surface area contributed by atoms with E-state index in [1.165, 1.54) is 11.1 Å². The molecule has 3 heterocycles. The Labute approximate surface area is 192 Å². The van der Waals surface area contributed by atoms with Gasteiger partial charge in [0.2, 0.25) is 0 Å². The largest absolute Gasteiger partial charge is 0.444 e. The van der Waals surface area contributed by atoms with Crippen LogP contribution in [-0.4, -0.2) is 64.4 Å². The van der Waals surface area contributed by atoms with Crippen LogP contribution in [0.1, 0.15) is 90.2 Å². The number of hydrogen-bond donors (Lipinski definition) is 0. The first kappa shape index (κ1) is 24.3. The van der Waals surface area contributed by atoms with Crippen molar-refractivity contribution in [3.05, 3.63) is 29.6 Å². The Hall–Kier alpha value is -2.31. The second kappa shape index (κ2) is 9.67. The van der Waals surface area contributed by atoms with Crippen molar-refractivity contribution in [3.63, 3.8) is 0 Å². The molecule has 0 spiro atoms. The van der Waals surface area contributed by atoms with E-state index in [1.54, 1.807) is 0 Å². The number of hydrogen-bond acceptors (Lipinski definition) is 5. The number of piperidine rings is 2. The number of pyridine rings is 1. The van der Waals surface area contributed by atoms with Gasteiger partial charge < -0.3 is 19.3 Å². The van der Waals surface area contributed by atoms with Crippen LogP contribution in [0.3, 0.4) is 0 Å². The van der Waals surface area contributed by atoms with Crippen molar-refractivity contribution in [2.45, 2.75) is 90.3 Å². The fourth-order valence-electron chi connectivity index (χ4n) is 4.37. The number of carbonyl (C=O) groups excluding carboxylic acids is 2. The zero-order chi connectivity index (χ0) is 23.5. The number of nitrogens with zero attached hydrogens (tertiary/aromatic N) is 3. The van der Waals surface area contributed by atoms with Crippen molar-refractivity contribution in [1.82, 2.24) is 14.8 Å². The summed E-state index contributed by atoms with van der Waals surface area (Å²) in [6.45, 7) is 14.2. The standard InChI is InChI=1S/C25H39N3O4/c1-24(2,3)31-22(29)27-11-7-18(8-12-27)20-15-21(17-26-16-20)19-9-13-28(14-10-19)23(30)32-25(4,5)6/h15-19H,7-14H2,1-6H3. The van der Waals surface area contributed by atoms with Gasteiger partial charge in [-0.3, -0.25) is 4.98 Å². The summed E-state index contributed by atoms with van der Waals surface area (Å²) in [5.74, 6) is 0.811. The molecule has 7 nitrogen and oxygen atoms in total. The predicted octanol–water partition coefficient (Wildman–Crippen LogP) is 5.31. The van der Waals surface area contributed by atoms with Gasteiger partial charge in [0.05, 0.1) is 0 Å². The van der Waals surface area contributed by atoms with E-state index in [-0.39, 0.29) is 12.2 Å². The molecular weight excluding hydrogens is 406 g/mol. The summed E-state index contributed by atoms with van der Waals surface area (Å²) in [6.07, 6.45) is 7.16. The smallest absolute Gasteiger partial charge is 0.410 e. The zero-order valence-corrected chi connectivity index (χ0v) is 20.5. The van der Waals surface area contributed by atoms with E-state index in [0.717, 1.165) is 25.7 Å². The minimum absolute atomic E-state index is 0.223. The molecule has 0 bridgehead atoms. The molecular formula is C25H39N3O4. The van der Waals surface area contributed by atoms with E-state index in [0.29, 0.717) is 38.0 Å². The van der Waals surface area contributed by atoms with Gasteiger partial charge in [0.15, 0.2) is 0 Å². The fourth-order valence-corrected chi connectivity index (χ4v) is 4.37. The Morgan fingerprint density at radius 3 is 1.41 bits per heavy atom. The van der Waals surface area contributed by atoms with Crippen LogP contribution in [0.25, 0.3) is 0 Å². The highest BCUT2D eigenvalue weighted by Crippen LogP contribution is 2.33. The Balaban J connectivity index is 1.53. The number of ether oxygens (including phenoxy) is 2. The molecule has 178 valence electrons. The molecule has 2 saturated heterocycles. The molecule has 0 N–H and O–H groups in total. The molecule has 2 aliphatic rings. The van der Waals surface area contributed by atoms with Crippen LogP contribution >= 0.6 is 0 Å². The molecule has 2 amide bonds. The summed E-state index contributed by atoms with van der Waals surface area (Å²) in [5, 5.41) is 0. The summed E-state index contributed by atoms with van der Waals surface area (Å²) in [7, 11) is 0. The van der Waals surface area contributed by atoms with Crippen LogP contribution in [0.4, 0.5) is 9.59 Å². The maximum absolute atomic E-state index is 12.3. The Morgan fingerprint density at radius 2 is 1.09 bits per heavy atom. The van der Waals surface area contributed by atoms with Crippen LogP contribution in [0.15, 0.2) is 18.5 Å². The van der Waals surface area contributed by atoms with Gasteiger partial charge in [0, 0.05) is 38.6 Å². The van der Waals surface area contributed by atoms with Crippen molar-refractivity contribution >= 4 is 12.2 Å². The second-order valence-electron chi connectivity index (χ2n) is 11.0. The lowest BCUT2D eigenvalue weighted by Gasteiger charge is -2.34. The molecule has 7 heteroatoms. The number of amides is 2. The van der Waals surface area contributed by atoms with Crippen LogP contribution in [0.2, 0.25) is 0 Å². The SMILES string of the molecule is CC(C)(C)OC(=O)N1CCC(c2cncc(C3CCN(C(=O)OC(C)(C)C)CC3)c2)CC1. The molecule has 32 heavy (non-hydrogen) atoms. The van der Waals surface area contributed by atoms with Crippen molar-refractivity contribution in [1.29, 1.82) is 0 Å². The van der Waals surface area contributed by atoms with Crippen molar-refractivity contribution in [2.75, 3.05) is 26.2 Å². The van der Waals surface area contributed by atoms with Gasteiger partial charge in [-0.25, -0.2) is 9.59 Å². The van der Waals surface area contributed by atoms with Gasteiger partial charge in [-0.2, -0.15) is 0 Å². The minimum atomic E-state index is -0.467. The third-order valence-corrected chi connectivity index (χ3v) is 6.02. The molecule has 0 atom stereocenters. The molecule has 2 fully saturated rings. The molecule has 0 unspecified atom stereocenters. The molecule has 1 aromatic rings. The van der Waals surface area contributed by atoms with E-state index in [9.17, 15) is 9.59 Å². The highest BCUT2D eigenvalue weighted by Gasteiger charge is 2.30. The fraction of sp³-hybridized carbons (Fsp3) is 0.720. The summed E-state index contributed by atoms with van der Waals surface area (Å²) in [4.78, 5) is 32.8. The first-order valence-corrected chi connectivity index (χ1v) is 11.8. The summed E-state index contributed by atoms with van der Waals surface area (Å²) >= 11 is 0. The van der Waals surface area contributed by atoms with Crippen LogP contribution in [-0.2, 0) is 9.47 Å². The van der Waals surface area contributed by atoms with Crippen LogP contribution < -0.4 is 0 Å². The second-order valence-corrected chi connectivity index (χ2v) is 11.0. The van der Waals surface area contributed by atoms with Crippen LogP contribution in [0.5, 0.6) is 0 Å². The van der Waals surface area contributed by atoms with Gasteiger partial charge >= 0.3 is 12.2 Å². The van der Waals surface area contributed by atoms with Crippen molar-refractivity contribution in [2.24, 2.45) is 0 Å². The lowest BCUT2D eigenvalue weighted by atomic mass is 9.86. The molecule has 0 aliphatic carbocycles. The highest BCUT2D eigenvalue weighted by atomic mass is 16.6. The van der Waals surface area contributed by atoms with Gasteiger partial charge in [0.1, 0.15) is 11.2 Å². The maximum Gasteiger partial charge on any atom is 0.410 e. The van der Waals surface area contributed by atoms with Crippen LogP contribution in [0, 0.1) is 0 Å². The monoisotopic (exact) mass is 445 g/mol. The summed E-state index contributed by atoms with van der Waals surface area (Å²) in [6, 6.07) is 2.29. The van der Waals surface area contributed by atoms with E-state index >= 15 is 0 Å². The lowest BCUT2D eigenvalue weighted by molar-refractivity contribution is 0.0195. The summed E-state index contributed by atoms with van der Waals surface area (Å²) < 4.78 is 11.0. The average Bonchev–Trinajstić information content (AvgIpc) is 2.72. The van der Waals surface area contributed by atoms with Gasteiger partial charge in [0.25, 0.3) is 0 Å². The van der Waals surface area contributed by atoms with E-state index in [1.807, 2.05) is 63.7 Å². The van der Waals surface area contributed by atoms with E-state index in [2.05, 4.69) is 11.1 Å². The highest BCUT2D eigenvalue weighted by molar-refractivity contribution is 5.68. The zero-order valence-electron chi connectivity index (χ0n) is 20.5. The topological polar surface area (TPSA) is 72.0 Å². The molecule has 2 aliphatic heterocycles. The molecule has 0 saturated carbocycles. The number of carbonyl (C=O) groups is 2. The number of likely N-dealkylation sites (tertiary alicyclic amines) is 2. The maximum atomic E-state index is 12.3. The van der Waals surface area contributed by atoms with Gasteiger partial charge in [-0.1, -0.05) is 6.07 Å². The minimum Gasteiger partial charge on any atom is -0.444 e. The van der Waals surface area contributed by atoms with Crippen molar-refractivity contribution < 1.29 is 19.1 Å². The lowest BCUT2D eigenvalue weighted by Crippen LogP contribution is -2.41. The first-order valence-electron chi connectivity index (χ1n) is 11.8. The Bertz CT molecular complexity index is 733. The average molecular weight is 446 g/mol. The first-order chi connectivity index (χ1) is 14.9. The van der Waals surface area contributed by atoms with Gasteiger partial charge in [-0.05, 0) is 90.2 Å². The third-order valence-electron chi connectivity index (χ3n) is 6.02. The Morgan fingerprint density at radius 1 is 0.750 bits per heavy atom. The molecule has 3 rings (SSSR count). The predicted molar refractivity (Wildman–Crippen MR) is 124 cm³/mol. The molecule has 0 radical (unpaired) electrons. The molecule has 1 aromatic heterocycles. The quantitative estimate of drug-likeness (QED) is 0.617. The van der Waals surface area contributed by atoms with Crippen molar-refractivity contribution in [3.8, 4) is 0 Å². The molecule has 0 aromatic carbocycles. The summed E-state index contributed by atoms with van der Waals surface area (Å²) in [5.41, 5.74) is 1.57.